The highest BCUT2D eigenvalue weighted by atomic mass is 16.5. The van der Waals surface area contributed by atoms with E-state index in [1.54, 1.807) is 0 Å². The van der Waals surface area contributed by atoms with Crippen LogP contribution < -0.4 is 0 Å². The first-order valence-corrected chi connectivity index (χ1v) is 6.97. The molecule has 0 radical (unpaired) electrons. The average Bonchev–Trinajstić information content (AvgIpc) is 2.39. The van der Waals surface area contributed by atoms with Gasteiger partial charge in [-0.25, -0.2) is 0 Å². The molecule has 1 aromatic rings. The first kappa shape index (κ1) is 15.0. The Morgan fingerprint density at radius 2 is 1.89 bits per heavy atom. The molecule has 0 heterocycles. The summed E-state index contributed by atoms with van der Waals surface area (Å²) in [5.74, 6) is 1.08. The molecule has 0 unspecified atom stereocenters. The number of rotatable bonds is 8. The molecule has 1 aromatic carbocycles. The zero-order chi connectivity index (χ0) is 13.4. The molecule has 0 aromatic heterocycles. The molecule has 0 spiro atoms. The molecule has 100 valence electrons. The number of ether oxygens (including phenoxy) is 1. The van der Waals surface area contributed by atoms with E-state index in [2.05, 4.69) is 57.7 Å². The Bertz CT molecular complexity index is 329. The van der Waals surface area contributed by atoms with E-state index in [0.717, 1.165) is 19.4 Å². The summed E-state index contributed by atoms with van der Waals surface area (Å²) in [5, 5.41) is 0. The molecule has 2 atom stereocenters. The highest BCUT2D eigenvalue weighted by Gasteiger charge is 2.23. The van der Waals surface area contributed by atoms with Crippen molar-refractivity contribution in [2.45, 2.75) is 39.7 Å². The maximum Gasteiger partial charge on any atom is 0.0786 e. The molecule has 0 bridgehead atoms. The number of hydrogen-bond acceptors (Lipinski definition) is 1. The van der Waals surface area contributed by atoms with Crippen molar-refractivity contribution in [3.63, 3.8) is 0 Å². The summed E-state index contributed by atoms with van der Waals surface area (Å²) in [7, 11) is 0. The Kier molecular flexibility index (Phi) is 6.74. The van der Waals surface area contributed by atoms with Gasteiger partial charge in [-0.3, -0.25) is 0 Å². The van der Waals surface area contributed by atoms with Crippen LogP contribution in [0, 0.1) is 11.8 Å². The molecule has 0 saturated heterocycles. The maximum absolute atomic E-state index is 5.92. The van der Waals surface area contributed by atoms with Gasteiger partial charge in [-0.05, 0) is 30.2 Å². The summed E-state index contributed by atoms with van der Waals surface area (Å²) >= 11 is 0. The average molecular weight is 246 g/mol. The van der Waals surface area contributed by atoms with Crippen LogP contribution in [0.25, 0.3) is 0 Å². The van der Waals surface area contributed by atoms with Crippen molar-refractivity contribution in [3.05, 3.63) is 48.6 Å². The van der Waals surface area contributed by atoms with E-state index in [-0.39, 0.29) is 6.10 Å². The molecule has 1 rings (SSSR count). The summed E-state index contributed by atoms with van der Waals surface area (Å²) < 4.78 is 5.92. The Labute approximate surface area is 112 Å². The Morgan fingerprint density at radius 1 is 1.22 bits per heavy atom. The molecular weight excluding hydrogens is 220 g/mol. The van der Waals surface area contributed by atoms with E-state index in [1.165, 1.54) is 5.56 Å². The molecule has 0 aliphatic carbocycles. The van der Waals surface area contributed by atoms with E-state index >= 15 is 0 Å². The number of benzene rings is 1. The lowest BCUT2D eigenvalue weighted by molar-refractivity contribution is 0.0296. The minimum absolute atomic E-state index is 0.158. The van der Waals surface area contributed by atoms with Crippen LogP contribution in [-0.2, 0) is 11.2 Å². The van der Waals surface area contributed by atoms with Crippen molar-refractivity contribution >= 4 is 0 Å². The Hall–Kier alpha value is -1.08. The van der Waals surface area contributed by atoms with Gasteiger partial charge in [-0.1, -0.05) is 57.2 Å². The SMILES string of the molecule is C=C[C@H](OCCC)[C@@H](Cc1ccccc1)C(C)C. The Balaban J connectivity index is 2.71. The van der Waals surface area contributed by atoms with Gasteiger partial charge in [-0.2, -0.15) is 0 Å². The second kappa shape index (κ2) is 8.10. The third-order valence-corrected chi connectivity index (χ3v) is 3.34. The molecule has 18 heavy (non-hydrogen) atoms. The zero-order valence-corrected chi connectivity index (χ0v) is 11.9. The molecule has 0 aliphatic heterocycles. The van der Waals surface area contributed by atoms with Crippen LogP contribution in [0.15, 0.2) is 43.0 Å². The van der Waals surface area contributed by atoms with Crippen LogP contribution in [-0.4, -0.2) is 12.7 Å². The molecule has 0 fully saturated rings. The summed E-state index contributed by atoms with van der Waals surface area (Å²) in [6.45, 7) is 11.4. The standard InChI is InChI=1S/C17H26O/c1-5-12-18-17(6-2)16(14(3)4)13-15-10-8-7-9-11-15/h6-11,14,16-17H,2,5,12-13H2,1,3-4H3/t16-,17-/m0/s1. The van der Waals surface area contributed by atoms with Crippen molar-refractivity contribution in [1.82, 2.24) is 0 Å². The predicted molar refractivity (Wildman–Crippen MR) is 78.7 cm³/mol. The van der Waals surface area contributed by atoms with Gasteiger partial charge in [0.15, 0.2) is 0 Å². The van der Waals surface area contributed by atoms with Gasteiger partial charge < -0.3 is 4.74 Å². The summed E-state index contributed by atoms with van der Waals surface area (Å²) in [5.41, 5.74) is 1.38. The Morgan fingerprint density at radius 3 is 2.39 bits per heavy atom. The summed E-state index contributed by atoms with van der Waals surface area (Å²) in [6.07, 6.45) is 4.23. The second-order valence-electron chi connectivity index (χ2n) is 5.17. The van der Waals surface area contributed by atoms with Crippen molar-refractivity contribution in [1.29, 1.82) is 0 Å². The molecule has 0 saturated carbocycles. The minimum Gasteiger partial charge on any atom is -0.374 e. The predicted octanol–water partition coefficient (Wildman–Crippen LogP) is 4.48. The maximum atomic E-state index is 5.92. The van der Waals surface area contributed by atoms with E-state index in [9.17, 15) is 0 Å². The first-order chi connectivity index (χ1) is 8.69. The van der Waals surface area contributed by atoms with Crippen LogP contribution in [0.4, 0.5) is 0 Å². The summed E-state index contributed by atoms with van der Waals surface area (Å²) in [4.78, 5) is 0. The molecular formula is C17H26O. The van der Waals surface area contributed by atoms with Gasteiger partial charge >= 0.3 is 0 Å². The molecule has 1 nitrogen and oxygen atoms in total. The van der Waals surface area contributed by atoms with Crippen molar-refractivity contribution in [2.24, 2.45) is 11.8 Å². The quantitative estimate of drug-likeness (QED) is 0.614. The highest BCUT2D eigenvalue weighted by Crippen LogP contribution is 2.24. The third-order valence-electron chi connectivity index (χ3n) is 3.34. The largest absolute Gasteiger partial charge is 0.374 e. The van der Waals surface area contributed by atoms with Gasteiger partial charge in [-0.15, -0.1) is 6.58 Å². The lowest BCUT2D eigenvalue weighted by Crippen LogP contribution is -2.28. The van der Waals surface area contributed by atoms with E-state index < -0.39 is 0 Å². The van der Waals surface area contributed by atoms with Crippen LogP contribution in [0.1, 0.15) is 32.8 Å². The first-order valence-electron chi connectivity index (χ1n) is 6.97. The lowest BCUT2D eigenvalue weighted by Gasteiger charge is -2.28. The van der Waals surface area contributed by atoms with Gasteiger partial charge in [0.05, 0.1) is 6.10 Å². The second-order valence-corrected chi connectivity index (χ2v) is 5.17. The topological polar surface area (TPSA) is 9.23 Å². The van der Waals surface area contributed by atoms with Crippen molar-refractivity contribution in [3.8, 4) is 0 Å². The zero-order valence-electron chi connectivity index (χ0n) is 11.9. The van der Waals surface area contributed by atoms with Gasteiger partial charge in [0, 0.05) is 6.61 Å². The fourth-order valence-electron chi connectivity index (χ4n) is 2.24. The minimum atomic E-state index is 0.158. The van der Waals surface area contributed by atoms with E-state index in [0.29, 0.717) is 11.8 Å². The molecule has 0 amide bonds. The van der Waals surface area contributed by atoms with E-state index in [1.807, 2.05) is 6.08 Å². The lowest BCUT2D eigenvalue weighted by atomic mass is 9.84. The van der Waals surface area contributed by atoms with Gasteiger partial charge in [0.1, 0.15) is 0 Å². The smallest absolute Gasteiger partial charge is 0.0786 e. The normalized spacial score (nSPS) is 14.4. The monoisotopic (exact) mass is 246 g/mol. The molecule has 1 heteroatoms. The van der Waals surface area contributed by atoms with Gasteiger partial charge in [0.25, 0.3) is 0 Å². The van der Waals surface area contributed by atoms with Crippen molar-refractivity contribution < 1.29 is 4.74 Å². The van der Waals surface area contributed by atoms with Crippen LogP contribution in [0.2, 0.25) is 0 Å². The molecule has 0 aliphatic rings. The van der Waals surface area contributed by atoms with Crippen molar-refractivity contribution in [2.75, 3.05) is 6.61 Å². The third kappa shape index (κ3) is 4.66. The number of hydrogen-bond donors (Lipinski definition) is 0. The van der Waals surface area contributed by atoms with E-state index in [4.69, 9.17) is 4.74 Å². The van der Waals surface area contributed by atoms with Crippen LogP contribution >= 0.6 is 0 Å². The summed E-state index contributed by atoms with van der Waals surface area (Å²) in [6, 6.07) is 10.6. The fraction of sp³-hybridized carbons (Fsp3) is 0.529. The molecule has 0 N–H and O–H groups in total. The fourth-order valence-corrected chi connectivity index (χ4v) is 2.24. The van der Waals surface area contributed by atoms with Crippen LogP contribution in [0.3, 0.4) is 0 Å². The van der Waals surface area contributed by atoms with Gasteiger partial charge in [0.2, 0.25) is 0 Å². The van der Waals surface area contributed by atoms with Crippen LogP contribution in [0.5, 0.6) is 0 Å². The highest BCUT2D eigenvalue weighted by molar-refractivity contribution is 5.16.